The van der Waals surface area contributed by atoms with Gasteiger partial charge >= 0.3 is 5.97 Å². The summed E-state index contributed by atoms with van der Waals surface area (Å²) in [5, 5.41) is 23.7. The Morgan fingerprint density at radius 2 is 1.69 bits per heavy atom. The molecule has 6 rings (SSSR count). The first-order valence-corrected chi connectivity index (χ1v) is 15.8. The highest BCUT2D eigenvalue weighted by Crippen LogP contribution is 2.42. The van der Waals surface area contributed by atoms with E-state index in [9.17, 15) is 9.90 Å². The lowest BCUT2D eigenvalue weighted by molar-refractivity contribution is -0.136. The molecule has 0 spiro atoms. The first-order valence-electron chi connectivity index (χ1n) is 15.8. The topological polar surface area (TPSA) is 121 Å². The second-order valence-electron chi connectivity index (χ2n) is 14.2. The molecule has 2 aliphatic rings. The van der Waals surface area contributed by atoms with Gasteiger partial charge in [-0.1, -0.05) is 32.0 Å². The summed E-state index contributed by atoms with van der Waals surface area (Å²) in [6.07, 6.45) is 6.47. The van der Waals surface area contributed by atoms with Crippen molar-refractivity contribution >= 4 is 28.5 Å². The Morgan fingerprint density at radius 1 is 1.00 bits per heavy atom. The number of fused-ring (bicyclic) bond motifs is 2. The molecule has 0 radical (unpaired) electrons. The molecule has 0 bridgehead atoms. The normalized spacial score (nSPS) is 16.3. The smallest absolute Gasteiger partial charge is 0.307 e. The second-order valence-corrected chi connectivity index (χ2v) is 14.2. The van der Waals surface area contributed by atoms with E-state index in [1.165, 1.54) is 11.1 Å². The van der Waals surface area contributed by atoms with Gasteiger partial charge in [0.05, 0.1) is 29.3 Å². The van der Waals surface area contributed by atoms with E-state index in [-0.39, 0.29) is 6.42 Å². The Morgan fingerprint density at radius 3 is 2.36 bits per heavy atom. The number of anilines is 2. The number of aromatic nitrogens is 5. The molecule has 45 heavy (non-hydrogen) atoms. The van der Waals surface area contributed by atoms with Gasteiger partial charge in [-0.3, -0.25) is 14.5 Å². The molecule has 1 fully saturated rings. The molecule has 10 heteroatoms. The largest absolute Gasteiger partial charge is 0.481 e. The molecule has 2 N–H and O–H groups in total. The zero-order valence-corrected chi connectivity index (χ0v) is 28.0. The molecule has 0 atom stereocenters. The van der Waals surface area contributed by atoms with Crippen LogP contribution in [0, 0.1) is 19.3 Å². The number of hydrogen-bond acceptors (Lipinski definition) is 8. The number of pyridine rings is 1. The molecular formula is C35H47N7O3. The minimum absolute atomic E-state index is 0.0248. The molecule has 0 amide bonds. The van der Waals surface area contributed by atoms with Gasteiger partial charge in [0.1, 0.15) is 12.1 Å². The number of hydrogen-bond donors (Lipinski definition) is 2. The maximum absolute atomic E-state index is 11.9. The van der Waals surface area contributed by atoms with Crippen LogP contribution >= 0.6 is 0 Å². The fourth-order valence-corrected chi connectivity index (χ4v) is 6.35. The van der Waals surface area contributed by atoms with Crippen molar-refractivity contribution in [1.29, 1.82) is 0 Å². The number of carbonyl (C=O) groups is 1. The minimum atomic E-state index is -0.823. The van der Waals surface area contributed by atoms with Gasteiger partial charge in [-0.15, -0.1) is 0 Å². The van der Waals surface area contributed by atoms with Crippen LogP contribution in [0.15, 0.2) is 30.7 Å². The van der Waals surface area contributed by atoms with Gasteiger partial charge in [0, 0.05) is 55.7 Å². The van der Waals surface area contributed by atoms with Crippen molar-refractivity contribution < 1.29 is 15.0 Å². The first kappa shape index (κ1) is 32.3. The Bertz CT molecular complexity index is 1700. The predicted octanol–water partition coefficient (Wildman–Crippen LogP) is 5.64. The van der Waals surface area contributed by atoms with Crippen molar-refractivity contribution in [3.63, 3.8) is 0 Å². The molecule has 10 nitrogen and oxygen atoms in total. The van der Waals surface area contributed by atoms with Crippen molar-refractivity contribution in [3.05, 3.63) is 58.8 Å². The second kappa shape index (κ2) is 12.4. The molecule has 4 aromatic rings. The molecule has 1 aromatic carbocycles. The molecule has 2 aliphatic heterocycles. The van der Waals surface area contributed by atoms with Gasteiger partial charge in [0.25, 0.3) is 0 Å². The van der Waals surface area contributed by atoms with Crippen LogP contribution in [0.4, 0.5) is 11.5 Å². The average molecular weight is 614 g/mol. The van der Waals surface area contributed by atoms with Crippen LogP contribution in [0.25, 0.3) is 22.2 Å². The monoisotopic (exact) mass is 613 g/mol. The lowest BCUT2D eigenvalue weighted by Gasteiger charge is -2.40. The number of piperidine rings is 1. The SMILES string of the molecule is CC(C)(C)O.Cc1nc(C)c(-c2ccc3c(c2)CCN(c2ncnc4c2cnn4C)C3)c(N2CCC(C)(C)CC2)c1CC(=O)O. The summed E-state index contributed by atoms with van der Waals surface area (Å²) in [5.74, 6) is 0.0938. The number of aryl methyl sites for hydroxylation is 3. The minimum Gasteiger partial charge on any atom is -0.481 e. The molecule has 3 aromatic heterocycles. The van der Waals surface area contributed by atoms with Gasteiger partial charge < -0.3 is 20.0 Å². The Kier molecular flexibility index (Phi) is 8.90. The summed E-state index contributed by atoms with van der Waals surface area (Å²) in [6, 6.07) is 6.70. The van der Waals surface area contributed by atoms with Crippen LogP contribution in [0.3, 0.4) is 0 Å². The Balaban J connectivity index is 0.000000743. The summed E-state index contributed by atoms with van der Waals surface area (Å²) in [7, 11) is 1.90. The zero-order chi connectivity index (χ0) is 32.7. The van der Waals surface area contributed by atoms with Crippen molar-refractivity contribution in [2.45, 2.75) is 86.3 Å². The highest BCUT2D eigenvalue weighted by molar-refractivity contribution is 5.88. The van der Waals surface area contributed by atoms with Gasteiger partial charge in [0.2, 0.25) is 0 Å². The third-order valence-electron chi connectivity index (χ3n) is 8.73. The maximum Gasteiger partial charge on any atom is 0.307 e. The number of carboxylic acid groups (broad SMARTS) is 1. The van der Waals surface area contributed by atoms with E-state index >= 15 is 0 Å². The fourth-order valence-electron chi connectivity index (χ4n) is 6.35. The van der Waals surface area contributed by atoms with Crippen LogP contribution in [0.5, 0.6) is 0 Å². The fraction of sp³-hybridized carbons (Fsp3) is 0.514. The van der Waals surface area contributed by atoms with Crippen LogP contribution in [-0.2, 0) is 31.2 Å². The van der Waals surface area contributed by atoms with Crippen LogP contribution in [-0.4, -0.2) is 66.2 Å². The van der Waals surface area contributed by atoms with E-state index in [1.807, 2.05) is 20.2 Å². The van der Waals surface area contributed by atoms with E-state index in [2.05, 4.69) is 63.8 Å². The van der Waals surface area contributed by atoms with Crippen LogP contribution in [0.1, 0.15) is 75.5 Å². The average Bonchev–Trinajstić information content (AvgIpc) is 3.33. The van der Waals surface area contributed by atoms with Crippen molar-refractivity contribution in [1.82, 2.24) is 24.7 Å². The van der Waals surface area contributed by atoms with E-state index in [1.54, 1.807) is 31.8 Å². The summed E-state index contributed by atoms with van der Waals surface area (Å²) < 4.78 is 1.78. The van der Waals surface area contributed by atoms with Crippen molar-refractivity contribution in [3.8, 4) is 11.1 Å². The number of aliphatic hydroxyl groups is 1. The number of aliphatic carboxylic acids is 1. The number of benzene rings is 1. The summed E-state index contributed by atoms with van der Waals surface area (Å²) in [5.41, 5.74) is 9.04. The number of rotatable bonds is 5. The summed E-state index contributed by atoms with van der Waals surface area (Å²) >= 11 is 0. The standard InChI is InChI=1S/C31H37N7O2.C4H10O/c1-19-24(15-26(39)40)28(37-12-9-31(3,4)10-13-37)27(20(2)35-19)22-6-7-23-17-38(11-8-21(23)14-22)30-25-16-34-36(5)29(25)32-18-33-30;1-4(2,3)5/h6-7,14,16,18H,8-13,15,17H2,1-5H3,(H,39,40);5H,1-3H3. The van der Waals surface area contributed by atoms with Gasteiger partial charge in [-0.2, -0.15) is 5.10 Å². The lowest BCUT2D eigenvalue weighted by Crippen LogP contribution is -2.38. The quantitative estimate of drug-likeness (QED) is 0.295. The van der Waals surface area contributed by atoms with Gasteiger partial charge in [0.15, 0.2) is 5.65 Å². The van der Waals surface area contributed by atoms with Crippen LogP contribution in [0.2, 0.25) is 0 Å². The molecule has 1 saturated heterocycles. The molecule has 0 saturated carbocycles. The van der Waals surface area contributed by atoms with Crippen LogP contribution < -0.4 is 9.80 Å². The first-order chi connectivity index (χ1) is 21.1. The molecule has 5 heterocycles. The molecule has 0 aliphatic carbocycles. The number of carboxylic acids is 1. The number of nitrogens with zero attached hydrogens (tertiary/aromatic N) is 7. The Hall–Kier alpha value is -4.05. The van der Waals surface area contributed by atoms with Gasteiger partial charge in [-0.25, -0.2) is 9.97 Å². The third-order valence-corrected chi connectivity index (χ3v) is 8.73. The zero-order valence-electron chi connectivity index (χ0n) is 28.0. The Labute approximate surface area is 266 Å². The molecular weight excluding hydrogens is 566 g/mol. The highest BCUT2D eigenvalue weighted by atomic mass is 16.4. The summed E-state index contributed by atoms with van der Waals surface area (Å²) in [6.45, 7) is 17.3. The van der Waals surface area contributed by atoms with Crippen molar-refractivity contribution in [2.75, 3.05) is 29.4 Å². The van der Waals surface area contributed by atoms with E-state index in [4.69, 9.17) is 10.1 Å². The predicted molar refractivity (Wildman–Crippen MR) is 179 cm³/mol. The third kappa shape index (κ3) is 7.27. The lowest BCUT2D eigenvalue weighted by atomic mass is 9.82. The van der Waals surface area contributed by atoms with Gasteiger partial charge in [-0.05, 0) is 76.0 Å². The van der Waals surface area contributed by atoms with E-state index in [0.717, 1.165) is 96.1 Å². The van der Waals surface area contributed by atoms with Crippen molar-refractivity contribution in [2.24, 2.45) is 12.5 Å². The molecule has 0 unspecified atom stereocenters. The maximum atomic E-state index is 11.9. The highest BCUT2D eigenvalue weighted by Gasteiger charge is 2.31. The van der Waals surface area contributed by atoms with E-state index < -0.39 is 11.6 Å². The molecule has 240 valence electrons. The summed E-state index contributed by atoms with van der Waals surface area (Å²) in [4.78, 5) is 30.5. The van der Waals surface area contributed by atoms with E-state index in [0.29, 0.717) is 5.41 Å².